The van der Waals surface area contributed by atoms with Crippen LogP contribution in [0, 0.1) is 13.8 Å². The lowest BCUT2D eigenvalue weighted by Gasteiger charge is -2.08. The van der Waals surface area contributed by atoms with E-state index in [1.54, 1.807) is 11.3 Å². The Morgan fingerprint density at radius 1 is 1.37 bits per heavy atom. The largest absolute Gasteiger partial charge is 0.484 e. The molecular formula is C14H16N2O2S. The highest BCUT2D eigenvalue weighted by Crippen LogP contribution is 2.15. The summed E-state index contributed by atoms with van der Waals surface area (Å²) in [5.41, 5.74) is 2.00. The molecule has 0 atom stereocenters. The number of amides is 1. The molecule has 2 aromatic rings. The number of hydrogen-bond acceptors (Lipinski definition) is 4. The second-order valence-corrected chi connectivity index (χ2v) is 5.16. The van der Waals surface area contributed by atoms with Crippen molar-refractivity contribution in [3.05, 3.63) is 45.9 Å². The summed E-state index contributed by atoms with van der Waals surface area (Å²) >= 11 is 1.54. The van der Waals surface area contributed by atoms with Gasteiger partial charge in [-0.05, 0) is 25.5 Å². The van der Waals surface area contributed by atoms with Crippen molar-refractivity contribution in [2.24, 2.45) is 0 Å². The van der Waals surface area contributed by atoms with Crippen LogP contribution in [-0.2, 0) is 11.3 Å². The molecule has 2 rings (SSSR count). The minimum atomic E-state index is -0.142. The Morgan fingerprint density at radius 2 is 2.16 bits per heavy atom. The van der Waals surface area contributed by atoms with Crippen molar-refractivity contribution in [2.75, 3.05) is 6.61 Å². The van der Waals surface area contributed by atoms with E-state index < -0.39 is 0 Å². The van der Waals surface area contributed by atoms with Crippen LogP contribution in [0.2, 0.25) is 0 Å². The summed E-state index contributed by atoms with van der Waals surface area (Å²) in [5.74, 6) is 0.596. The van der Waals surface area contributed by atoms with Gasteiger partial charge in [-0.1, -0.05) is 18.2 Å². The summed E-state index contributed by atoms with van der Waals surface area (Å²) < 4.78 is 5.46. The van der Waals surface area contributed by atoms with Gasteiger partial charge in [0.15, 0.2) is 6.61 Å². The van der Waals surface area contributed by atoms with Crippen molar-refractivity contribution in [1.29, 1.82) is 0 Å². The summed E-state index contributed by atoms with van der Waals surface area (Å²) in [6.07, 6.45) is 0. The summed E-state index contributed by atoms with van der Waals surface area (Å²) in [4.78, 5) is 15.9. The van der Waals surface area contributed by atoms with Crippen molar-refractivity contribution in [2.45, 2.75) is 20.4 Å². The van der Waals surface area contributed by atoms with Gasteiger partial charge >= 0.3 is 0 Å². The van der Waals surface area contributed by atoms with Crippen LogP contribution in [0.15, 0.2) is 29.6 Å². The number of carbonyl (C=O) groups excluding carboxylic acids is 1. The van der Waals surface area contributed by atoms with Crippen molar-refractivity contribution in [3.8, 4) is 5.75 Å². The first-order valence-electron chi connectivity index (χ1n) is 6.01. The third-order valence-electron chi connectivity index (χ3n) is 2.56. The zero-order valence-corrected chi connectivity index (χ0v) is 11.8. The highest BCUT2D eigenvalue weighted by Gasteiger charge is 2.05. The van der Waals surface area contributed by atoms with Gasteiger partial charge in [0, 0.05) is 11.1 Å². The molecule has 0 aliphatic rings. The fraction of sp³-hybridized carbons (Fsp3) is 0.286. The zero-order valence-electron chi connectivity index (χ0n) is 11.0. The van der Waals surface area contributed by atoms with Crippen molar-refractivity contribution in [1.82, 2.24) is 10.3 Å². The summed E-state index contributed by atoms with van der Waals surface area (Å²) in [6, 6.07) is 7.63. The Balaban J connectivity index is 1.77. The molecule has 1 N–H and O–H groups in total. The molecule has 1 aromatic carbocycles. The fourth-order valence-corrected chi connectivity index (χ4v) is 2.28. The lowest BCUT2D eigenvalue weighted by atomic mass is 10.2. The molecule has 0 unspecified atom stereocenters. The summed E-state index contributed by atoms with van der Waals surface area (Å²) in [5, 5.41) is 5.65. The fourth-order valence-electron chi connectivity index (χ4n) is 1.57. The van der Waals surface area contributed by atoms with E-state index in [-0.39, 0.29) is 12.5 Å². The number of benzene rings is 1. The van der Waals surface area contributed by atoms with Crippen molar-refractivity contribution in [3.63, 3.8) is 0 Å². The number of ether oxygens (including phenoxy) is 1. The Labute approximate surface area is 116 Å². The van der Waals surface area contributed by atoms with Gasteiger partial charge in [0.2, 0.25) is 0 Å². The first kappa shape index (κ1) is 13.5. The molecule has 0 aliphatic carbocycles. The van der Waals surface area contributed by atoms with E-state index in [0.717, 1.165) is 22.0 Å². The van der Waals surface area contributed by atoms with Gasteiger partial charge in [-0.25, -0.2) is 4.98 Å². The number of carbonyl (C=O) groups is 1. The van der Waals surface area contributed by atoms with Gasteiger partial charge in [-0.3, -0.25) is 4.79 Å². The third kappa shape index (κ3) is 4.06. The van der Waals surface area contributed by atoms with Crippen LogP contribution in [0.5, 0.6) is 5.75 Å². The number of para-hydroxylation sites is 1. The number of aromatic nitrogens is 1. The van der Waals surface area contributed by atoms with Crippen LogP contribution in [0.25, 0.3) is 0 Å². The molecule has 0 spiro atoms. The monoisotopic (exact) mass is 276 g/mol. The van der Waals surface area contributed by atoms with Gasteiger partial charge in [0.05, 0.1) is 6.54 Å². The number of hydrogen-bond donors (Lipinski definition) is 1. The van der Waals surface area contributed by atoms with Crippen LogP contribution in [0.1, 0.15) is 16.3 Å². The predicted molar refractivity (Wildman–Crippen MR) is 75.4 cm³/mol. The molecule has 1 heterocycles. The molecule has 1 aromatic heterocycles. The number of nitrogens with one attached hydrogen (secondary N) is 1. The Bertz CT molecular complexity index is 566. The van der Waals surface area contributed by atoms with E-state index in [4.69, 9.17) is 4.74 Å². The number of nitrogens with zero attached hydrogens (tertiary/aromatic N) is 1. The van der Waals surface area contributed by atoms with E-state index in [2.05, 4.69) is 10.3 Å². The van der Waals surface area contributed by atoms with Crippen LogP contribution in [-0.4, -0.2) is 17.5 Å². The van der Waals surface area contributed by atoms with Gasteiger partial charge in [0.1, 0.15) is 10.8 Å². The second kappa shape index (κ2) is 6.33. The topological polar surface area (TPSA) is 51.2 Å². The molecule has 0 saturated carbocycles. The lowest BCUT2D eigenvalue weighted by Crippen LogP contribution is -2.28. The third-order valence-corrected chi connectivity index (χ3v) is 3.52. The summed E-state index contributed by atoms with van der Waals surface area (Å²) in [7, 11) is 0. The van der Waals surface area contributed by atoms with Crippen LogP contribution < -0.4 is 10.1 Å². The Hall–Kier alpha value is -1.88. The van der Waals surface area contributed by atoms with Gasteiger partial charge in [-0.2, -0.15) is 0 Å². The first-order valence-corrected chi connectivity index (χ1v) is 6.89. The molecule has 0 aliphatic heterocycles. The molecule has 4 nitrogen and oxygen atoms in total. The maximum Gasteiger partial charge on any atom is 0.258 e. The second-order valence-electron chi connectivity index (χ2n) is 4.21. The predicted octanol–water partition coefficient (Wildman–Crippen LogP) is 2.46. The minimum Gasteiger partial charge on any atom is -0.484 e. The molecular weight excluding hydrogens is 260 g/mol. The molecule has 5 heteroatoms. The number of rotatable bonds is 5. The van der Waals surface area contributed by atoms with E-state index in [9.17, 15) is 4.79 Å². The van der Waals surface area contributed by atoms with Crippen LogP contribution >= 0.6 is 11.3 Å². The van der Waals surface area contributed by atoms with Gasteiger partial charge in [-0.15, -0.1) is 11.3 Å². The Kier molecular flexibility index (Phi) is 4.52. The van der Waals surface area contributed by atoms with Crippen molar-refractivity contribution >= 4 is 17.2 Å². The zero-order chi connectivity index (χ0) is 13.7. The molecule has 1 amide bonds. The van der Waals surface area contributed by atoms with E-state index in [0.29, 0.717) is 6.54 Å². The smallest absolute Gasteiger partial charge is 0.258 e. The maximum atomic E-state index is 11.6. The van der Waals surface area contributed by atoms with Gasteiger partial charge in [0.25, 0.3) is 5.91 Å². The SMILES string of the molecule is Cc1csc(CNC(=O)COc2ccccc2C)n1. The Morgan fingerprint density at radius 3 is 2.84 bits per heavy atom. The standard InChI is InChI=1S/C14H16N2O2S/c1-10-5-3-4-6-12(10)18-8-13(17)15-7-14-16-11(2)9-19-14/h3-6,9H,7-8H2,1-2H3,(H,15,17). The average molecular weight is 276 g/mol. The van der Waals surface area contributed by atoms with E-state index in [1.807, 2.05) is 43.5 Å². The van der Waals surface area contributed by atoms with Crippen LogP contribution in [0.3, 0.4) is 0 Å². The molecule has 0 radical (unpaired) electrons. The van der Waals surface area contributed by atoms with E-state index in [1.165, 1.54) is 0 Å². The maximum absolute atomic E-state index is 11.6. The number of thiazole rings is 1. The molecule has 0 fully saturated rings. The lowest BCUT2D eigenvalue weighted by molar-refractivity contribution is -0.123. The normalized spacial score (nSPS) is 10.2. The van der Waals surface area contributed by atoms with Crippen LogP contribution in [0.4, 0.5) is 0 Å². The number of aryl methyl sites for hydroxylation is 2. The van der Waals surface area contributed by atoms with Gasteiger partial charge < -0.3 is 10.1 Å². The highest BCUT2D eigenvalue weighted by atomic mass is 32.1. The van der Waals surface area contributed by atoms with Crippen molar-refractivity contribution < 1.29 is 9.53 Å². The average Bonchev–Trinajstić information content (AvgIpc) is 2.81. The van der Waals surface area contributed by atoms with E-state index >= 15 is 0 Å². The molecule has 0 bridgehead atoms. The summed E-state index contributed by atoms with van der Waals surface area (Å²) in [6.45, 7) is 4.36. The molecule has 0 saturated heterocycles. The molecule has 100 valence electrons. The highest BCUT2D eigenvalue weighted by molar-refractivity contribution is 7.09. The quantitative estimate of drug-likeness (QED) is 0.912. The first-order chi connectivity index (χ1) is 9.15. The molecule has 19 heavy (non-hydrogen) atoms. The minimum absolute atomic E-state index is 0.0230.